The molecule has 0 radical (unpaired) electrons. The summed E-state index contributed by atoms with van der Waals surface area (Å²) < 4.78 is 19.1. The van der Waals surface area contributed by atoms with Crippen molar-refractivity contribution in [2.45, 2.75) is 6.54 Å². The Morgan fingerprint density at radius 3 is 2.62 bits per heavy atom. The summed E-state index contributed by atoms with van der Waals surface area (Å²) in [5, 5.41) is 3.02. The third-order valence-electron chi connectivity index (χ3n) is 2.92. The molecule has 0 aliphatic rings. The number of benzene rings is 1. The highest BCUT2D eigenvalue weighted by Gasteiger charge is 2.16. The first kappa shape index (κ1) is 13.1. The van der Waals surface area contributed by atoms with Gasteiger partial charge in [-0.2, -0.15) is 4.98 Å². The van der Waals surface area contributed by atoms with Crippen molar-refractivity contribution in [1.29, 1.82) is 0 Å². The van der Waals surface area contributed by atoms with Crippen molar-refractivity contribution < 1.29 is 8.81 Å². The summed E-state index contributed by atoms with van der Waals surface area (Å²) >= 11 is 0. The summed E-state index contributed by atoms with van der Waals surface area (Å²) in [6.07, 6.45) is 1.45. The number of nitrogens with zero attached hydrogens (tertiary/aromatic N) is 2. The number of hydrogen-bond donors (Lipinski definition) is 2. The van der Waals surface area contributed by atoms with Crippen LogP contribution in [0.25, 0.3) is 11.5 Å². The molecule has 3 rings (SSSR count). The molecule has 2 heterocycles. The van der Waals surface area contributed by atoms with Crippen LogP contribution in [-0.4, -0.2) is 9.97 Å². The molecule has 3 aromatic rings. The third-order valence-corrected chi connectivity index (χ3v) is 2.92. The highest BCUT2D eigenvalue weighted by Crippen LogP contribution is 2.25. The van der Waals surface area contributed by atoms with Gasteiger partial charge in [0.1, 0.15) is 5.69 Å². The Morgan fingerprint density at radius 1 is 1.10 bits per heavy atom. The molecule has 1 aromatic carbocycles. The molecule has 0 aliphatic carbocycles. The van der Waals surface area contributed by atoms with Crippen LogP contribution >= 0.6 is 0 Å². The van der Waals surface area contributed by atoms with E-state index in [0.717, 1.165) is 5.56 Å². The van der Waals surface area contributed by atoms with E-state index >= 15 is 0 Å². The SMILES string of the molecule is Nc1nc(NCc2ccccc2)nc(-c2ccco2)c1F. The van der Waals surface area contributed by atoms with Gasteiger partial charge in [-0.15, -0.1) is 0 Å². The molecule has 0 amide bonds. The van der Waals surface area contributed by atoms with Gasteiger partial charge in [-0.1, -0.05) is 30.3 Å². The average molecular weight is 284 g/mol. The second-order valence-corrected chi connectivity index (χ2v) is 4.41. The van der Waals surface area contributed by atoms with E-state index in [1.807, 2.05) is 30.3 Å². The van der Waals surface area contributed by atoms with E-state index < -0.39 is 5.82 Å². The maximum Gasteiger partial charge on any atom is 0.225 e. The van der Waals surface area contributed by atoms with Crippen molar-refractivity contribution in [3.63, 3.8) is 0 Å². The fourth-order valence-corrected chi connectivity index (χ4v) is 1.90. The van der Waals surface area contributed by atoms with Gasteiger partial charge in [0.05, 0.1) is 6.26 Å². The summed E-state index contributed by atoms with van der Waals surface area (Å²) in [6, 6.07) is 13.0. The first-order chi connectivity index (χ1) is 10.2. The molecule has 106 valence electrons. The largest absolute Gasteiger partial charge is 0.463 e. The molecule has 6 heteroatoms. The Bertz CT molecular complexity index is 729. The fraction of sp³-hybridized carbons (Fsp3) is 0.0667. The quantitative estimate of drug-likeness (QED) is 0.770. The van der Waals surface area contributed by atoms with Crippen LogP contribution in [0.2, 0.25) is 0 Å². The maximum atomic E-state index is 14.0. The topological polar surface area (TPSA) is 77.0 Å². The van der Waals surface area contributed by atoms with E-state index in [9.17, 15) is 4.39 Å². The Morgan fingerprint density at radius 2 is 1.90 bits per heavy atom. The zero-order valence-electron chi connectivity index (χ0n) is 11.1. The van der Waals surface area contributed by atoms with Gasteiger partial charge in [0, 0.05) is 6.54 Å². The summed E-state index contributed by atoms with van der Waals surface area (Å²) in [4.78, 5) is 8.02. The molecule has 21 heavy (non-hydrogen) atoms. The van der Waals surface area contributed by atoms with Crippen molar-refractivity contribution in [1.82, 2.24) is 9.97 Å². The second kappa shape index (κ2) is 5.62. The molecule has 0 aliphatic heterocycles. The summed E-state index contributed by atoms with van der Waals surface area (Å²) in [6.45, 7) is 0.517. The molecule has 0 unspecified atom stereocenters. The van der Waals surface area contributed by atoms with Crippen molar-refractivity contribution in [3.8, 4) is 11.5 Å². The molecular weight excluding hydrogens is 271 g/mol. The van der Waals surface area contributed by atoms with Gasteiger partial charge in [-0.05, 0) is 17.7 Å². The summed E-state index contributed by atoms with van der Waals surface area (Å²) in [5.74, 6) is -0.337. The van der Waals surface area contributed by atoms with Crippen molar-refractivity contribution in [3.05, 3.63) is 60.1 Å². The zero-order valence-corrected chi connectivity index (χ0v) is 11.1. The number of nitrogens with two attached hydrogens (primary N) is 1. The van der Waals surface area contributed by atoms with E-state index in [4.69, 9.17) is 10.2 Å². The van der Waals surface area contributed by atoms with Crippen molar-refractivity contribution >= 4 is 11.8 Å². The number of anilines is 2. The monoisotopic (exact) mass is 284 g/mol. The van der Waals surface area contributed by atoms with Crippen LogP contribution in [0.1, 0.15) is 5.56 Å². The van der Waals surface area contributed by atoms with Gasteiger partial charge in [0.15, 0.2) is 17.4 Å². The van der Waals surface area contributed by atoms with E-state index in [-0.39, 0.29) is 17.5 Å². The normalized spacial score (nSPS) is 10.5. The third kappa shape index (κ3) is 2.84. The predicted octanol–water partition coefficient (Wildman–Crippen LogP) is 3.07. The van der Waals surface area contributed by atoms with Crippen LogP contribution < -0.4 is 11.1 Å². The lowest BCUT2D eigenvalue weighted by Crippen LogP contribution is -2.08. The molecule has 3 N–H and O–H groups in total. The standard InChI is InChI=1S/C15H13FN4O/c16-12-13(11-7-4-8-21-11)19-15(20-14(12)17)18-9-10-5-2-1-3-6-10/h1-8H,9H2,(H3,17,18,19,20). The van der Waals surface area contributed by atoms with E-state index in [2.05, 4.69) is 15.3 Å². The van der Waals surface area contributed by atoms with Gasteiger partial charge >= 0.3 is 0 Å². The number of nitrogen functional groups attached to an aromatic ring is 1. The van der Waals surface area contributed by atoms with E-state index in [1.165, 1.54) is 6.26 Å². The smallest absolute Gasteiger partial charge is 0.225 e. The van der Waals surface area contributed by atoms with Gasteiger partial charge in [0.2, 0.25) is 5.95 Å². The number of aromatic nitrogens is 2. The molecule has 0 saturated carbocycles. The van der Waals surface area contributed by atoms with E-state index in [0.29, 0.717) is 12.3 Å². The lowest BCUT2D eigenvalue weighted by atomic mass is 10.2. The minimum absolute atomic E-state index is 0.0445. The lowest BCUT2D eigenvalue weighted by molar-refractivity contribution is 0.564. The number of hydrogen-bond acceptors (Lipinski definition) is 5. The molecule has 2 aromatic heterocycles. The highest BCUT2D eigenvalue weighted by atomic mass is 19.1. The summed E-state index contributed by atoms with van der Waals surface area (Å²) in [5.41, 5.74) is 6.69. The Kier molecular flexibility index (Phi) is 3.51. The van der Waals surface area contributed by atoms with Gasteiger partial charge in [-0.3, -0.25) is 0 Å². The van der Waals surface area contributed by atoms with Crippen LogP contribution in [0.3, 0.4) is 0 Å². The second-order valence-electron chi connectivity index (χ2n) is 4.41. The molecule has 5 nitrogen and oxygen atoms in total. The lowest BCUT2D eigenvalue weighted by Gasteiger charge is -2.08. The first-order valence-electron chi connectivity index (χ1n) is 6.39. The van der Waals surface area contributed by atoms with Crippen molar-refractivity contribution in [2.24, 2.45) is 0 Å². The number of furan rings is 1. The molecule has 0 saturated heterocycles. The van der Waals surface area contributed by atoms with Gasteiger partial charge in [-0.25, -0.2) is 9.37 Å². The number of nitrogens with one attached hydrogen (secondary N) is 1. The number of rotatable bonds is 4. The van der Waals surface area contributed by atoms with Crippen LogP contribution in [0.4, 0.5) is 16.2 Å². The van der Waals surface area contributed by atoms with Crippen LogP contribution in [0.5, 0.6) is 0 Å². The number of halogens is 1. The Hall–Kier alpha value is -2.89. The van der Waals surface area contributed by atoms with Crippen LogP contribution in [0, 0.1) is 5.82 Å². The van der Waals surface area contributed by atoms with Gasteiger partial charge in [0.25, 0.3) is 0 Å². The van der Waals surface area contributed by atoms with Crippen molar-refractivity contribution in [2.75, 3.05) is 11.1 Å². The Labute approximate surface area is 120 Å². The average Bonchev–Trinajstić information content (AvgIpc) is 3.03. The zero-order chi connectivity index (χ0) is 14.7. The molecule has 0 fully saturated rings. The minimum atomic E-state index is -0.685. The van der Waals surface area contributed by atoms with E-state index in [1.54, 1.807) is 12.1 Å². The van der Waals surface area contributed by atoms with Crippen LogP contribution in [-0.2, 0) is 6.54 Å². The minimum Gasteiger partial charge on any atom is -0.463 e. The predicted molar refractivity (Wildman–Crippen MR) is 77.9 cm³/mol. The molecule has 0 atom stereocenters. The highest BCUT2D eigenvalue weighted by molar-refractivity contribution is 5.59. The molecular formula is C15H13FN4O. The molecule has 0 bridgehead atoms. The summed E-state index contributed by atoms with van der Waals surface area (Å²) in [7, 11) is 0. The molecule has 0 spiro atoms. The van der Waals surface area contributed by atoms with Crippen LogP contribution in [0.15, 0.2) is 53.1 Å². The maximum absolute atomic E-state index is 14.0. The Balaban J connectivity index is 1.86. The van der Waals surface area contributed by atoms with Gasteiger partial charge < -0.3 is 15.5 Å². The first-order valence-corrected chi connectivity index (χ1v) is 6.39. The fourth-order valence-electron chi connectivity index (χ4n) is 1.90.